The number of thioether (sulfide) groups is 1. The minimum absolute atomic E-state index is 0.00564. The lowest BCUT2D eigenvalue weighted by molar-refractivity contribution is -0.142. The Morgan fingerprint density at radius 3 is 1.30 bits per heavy atom. The van der Waals surface area contributed by atoms with Gasteiger partial charge in [-0.2, -0.15) is 11.8 Å². The molecular weight excluding hydrogens is 1120 g/mol. The lowest BCUT2D eigenvalue weighted by Crippen LogP contribution is -2.61. The number of aliphatic carboxylic acids is 1. The highest BCUT2D eigenvalue weighted by molar-refractivity contribution is 7.98. The zero-order valence-electron chi connectivity index (χ0n) is 46.7. The lowest BCUT2D eigenvalue weighted by Gasteiger charge is -2.27. The van der Waals surface area contributed by atoms with Crippen LogP contribution in [-0.2, 0) is 67.2 Å². The van der Waals surface area contributed by atoms with Gasteiger partial charge in [0.05, 0.1) is 32.2 Å². The molecule has 1 aromatic heterocycles. The van der Waals surface area contributed by atoms with Gasteiger partial charge in [-0.3, -0.25) is 43.2 Å². The molecule has 0 aliphatic heterocycles. The molecule has 0 unspecified atom stereocenters. The Morgan fingerprint density at radius 2 is 0.881 bits per heavy atom. The summed E-state index contributed by atoms with van der Waals surface area (Å²) in [5.74, 6) is -10.1. The smallest absolute Gasteiger partial charge is 0.326 e. The standard InChI is InChI=1S/C53H80N14O16S/c1-29(59-46(75)36(17-20-84-2)60-50(79)42(26-69)67-49(78)40(23-32-24-57-28-58-32)62-45(74)35(56)7-3-5-18-54)44(73)65-41(25-68)51(80)64-39(22-31-11-15-34(72)16-12-31)48(77)66-43(27-70)52(81)63-38(21-30-9-13-33(71)14-10-30)47(76)61-37(53(82)83)8-4-6-19-55/h9-16,24,28-29,35-43,68-72H,3-8,17-23,25-27,54-56H2,1-2H3,(H,57,58)(H,59,75)(H,60,79)(H,61,76)(H,62,74)(H,63,81)(H,64,80)(H,65,73)(H,66,77)(H,67,78)(H,82,83)/t29-,35-,36-,37-,38-,39-,40-,41-,42-,43-/m0/s1. The molecule has 84 heavy (non-hydrogen) atoms. The molecule has 0 bridgehead atoms. The summed E-state index contributed by atoms with van der Waals surface area (Å²) in [6, 6.07) is -4.02. The molecule has 0 saturated carbocycles. The van der Waals surface area contributed by atoms with Crippen molar-refractivity contribution in [3.63, 3.8) is 0 Å². The van der Waals surface area contributed by atoms with Crippen molar-refractivity contribution >= 4 is 70.9 Å². The highest BCUT2D eigenvalue weighted by Gasteiger charge is 2.35. The number of nitrogens with two attached hydrogens (primary N) is 3. The van der Waals surface area contributed by atoms with E-state index in [0.29, 0.717) is 49.0 Å². The summed E-state index contributed by atoms with van der Waals surface area (Å²) in [5.41, 5.74) is 18.3. The van der Waals surface area contributed by atoms with Gasteiger partial charge in [-0.1, -0.05) is 30.7 Å². The van der Waals surface area contributed by atoms with Gasteiger partial charge < -0.3 is 101 Å². The molecule has 3 aromatic rings. The highest BCUT2D eigenvalue weighted by atomic mass is 32.2. The van der Waals surface area contributed by atoms with E-state index < -0.39 is 139 Å². The number of hydrogen-bond donors (Lipinski definition) is 19. The first-order valence-electron chi connectivity index (χ1n) is 27.0. The number of hydrogen-bond acceptors (Lipinski definition) is 20. The number of carbonyl (C=O) groups excluding carboxylic acids is 9. The third-order valence-electron chi connectivity index (χ3n) is 12.9. The van der Waals surface area contributed by atoms with Crippen molar-refractivity contribution in [3.8, 4) is 11.5 Å². The van der Waals surface area contributed by atoms with E-state index in [1.165, 1.54) is 79.7 Å². The summed E-state index contributed by atoms with van der Waals surface area (Å²) in [4.78, 5) is 142. The van der Waals surface area contributed by atoms with E-state index in [1.54, 1.807) is 6.26 Å². The van der Waals surface area contributed by atoms with Crippen molar-refractivity contribution < 1.29 is 78.6 Å². The van der Waals surface area contributed by atoms with Crippen LogP contribution in [0.15, 0.2) is 61.1 Å². The molecule has 2 aromatic carbocycles. The zero-order valence-corrected chi connectivity index (χ0v) is 47.5. The van der Waals surface area contributed by atoms with E-state index in [2.05, 4.69) is 57.8 Å². The molecule has 0 spiro atoms. The molecule has 0 fully saturated rings. The summed E-state index contributed by atoms with van der Waals surface area (Å²) in [6.07, 6.45) is 6.03. The van der Waals surface area contributed by atoms with Crippen LogP contribution in [0.5, 0.6) is 11.5 Å². The number of imidazole rings is 1. The van der Waals surface area contributed by atoms with Crippen LogP contribution in [0.1, 0.15) is 68.7 Å². The first-order chi connectivity index (χ1) is 40.1. The Kier molecular flexibility index (Phi) is 31.2. The Bertz CT molecular complexity index is 2600. The summed E-state index contributed by atoms with van der Waals surface area (Å²) < 4.78 is 0. The van der Waals surface area contributed by atoms with Crippen LogP contribution in [0, 0.1) is 0 Å². The van der Waals surface area contributed by atoms with E-state index in [-0.39, 0.29) is 62.3 Å². The van der Waals surface area contributed by atoms with Crippen LogP contribution in [0.25, 0.3) is 0 Å². The summed E-state index contributed by atoms with van der Waals surface area (Å²) >= 11 is 1.30. The molecule has 1 heterocycles. The largest absolute Gasteiger partial charge is 0.508 e. The van der Waals surface area contributed by atoms with Crippen molar-refractivity contribution in [3.05, 3.63) is 77.9 Å². The molecule has 10 atom stereocenters. The number of nitrogens with one attached hydrogen (secondary N) is 10. The minimum atomic E-state index is -1.81. The SMILES string of the molecule is CSCC[C@H](NC(=O)[C@H](CO)NC(=O)[C@H](Cc1cnc[nH]1)NC(=O)[C@@H](N)CCCCN)C(=O)N[C@@H](C)C(=O)N[C@@H](CO)C(=O)N[C@@H](Cc1ccc(O)cc1)C(=O)N[C@@H](CO)C(=O)N[C@@H](Cc1ccc(O)cc1)C(=O)N[C@@H](CCCCN)C(=O)O. The second-order valence-electron chi connectivity index (χ2n) is 19.6. The monoisotopic (exact) mass is 1200 g/mol. The third-order valence-corrected chi connectivity index (χ3v) is 13.6. The number of unbranched alkanes of at least 4 members (excludes halogenated alkanes) is 2. The quantitative estimate of drug-likeness (QED) is 0.0237. The van der Waals surface area contributed by atoms with Gasteiger partial charge >= 0.3 is 5.97 Å². The fourth-order valence-electron chi connectivity index (χ4n) is 8.05. The maximum Gasteiger partial charge on any atom is 0.326 e. The van der Waals surface area contributed by atoms with Crippen LogP contribution in [0.3, 0.4) is 0 Å². The molecule has 0 radical (unpaired) electrons. The van der Waals surface area contributed by atoms with Gasteiger partial charge in [-0.25, -0.2) is 9.78 Å². The maximum absolute atomic E-state index is 14.1. The molecule has 30 nitrogen and oxygen atoms in total. The maximum atomic E-state index is 14.1. The number of rotatable bonds is 39. The number of aromatic hydroxyl groups is 2. The van der Waals surface area contributed by atoms with Crippen LogP contribution in [0.4, 0.5) is 0 Å². The number of phenols is 2. The number of aliphatic hydroxyl groups is 3. The normalized spacial score (nSPS) is 14.7. The first-order valence-corrected chi connectivity index (χ1v) is 28.4. The first kappa shape index (κ1) is 70.3. The van der Waals surface area contributed by atoms with E-state index in [9.17, 15) is 78.6 Å². The molecule has 0 saturated heterocycles. The fourth-order valence-corrected chi connectivity index (χ4v) is 8.52. The van der Waals surface area contributed by atoms with Crippen LogP contribution in [0.2, 0.25) is 0 Å². The van der Waals surface area contributed by atoms with Crippen molar-refractivity contribution in [2.45, 2.75) is 132 Å². The molecule has 0 aliphatic rings. The number of H-pyrrole nitrogens is 1. The molecule has 464 valence electrons. The van der Waals surface area contributed by atoms with Crippen LogP contribution in [-0.4, -0.2) is 205 Å². The average molecular weight is 1200 g/mol. The number of nitrogens with zero attached hydrogens (tertiary/aromatic N) is 1. The molecule has 9 amide bonds. The number of carboxylic acid groups (broad SMARTS) is 1. The number of aromatic amines is 1. The second kappa shape index (κ2) is 37.3. The van der Waals surface area contributed by atoms with Crippen LogP contribution >= 0.6 is 11.8 Å². The molecule has 31 heteroatoms. The number of aromatic nitrogens is 2. The Labute approximate surface area is 488 Å². The van der Waals surface area contributed by atoms with Gasteiger partial charge in [0.15, 0.2) is 0 Å². The number of carbonyl (C=O) groups is 10. The number of benzene rings is 2. The van der Waals surface area contributed by atoms with Gasteiger partial charge in [0.1, 0.15) is 65.9 Å². The Balaban J connectivity index is 1.76. The highest BCUT2D eigenvalue weighted by Crippen LogP contribution is 2.15. The topological polar surface area (TPSA) is 507 Å². The zero-order chi connectivity index (χ0) is 62.3. The van der Waals surface area contributed by atoms with E-state index >= 15 is 0 Å². The van der Waals surface area contributed by atoms with E-state index in [4.69, 9.17) is 17.2 Å². The third kappa shape index (κ3) is 24.5. The van der Waals surface area contributed by atoms with Gasteiger partial charge in [0, 0.05) is 31.2 Å². The predicted molar refractivity (Wildman–Crippen MR) is 305 cm³/mol. The van der Waals surface area contributed by atoms with Crippen molar-refractivity contribution in [2.24, 2.45) is 17.2 Å². The van der Waals surface area contributed by atoms with E-state index in [1.807, 2.05) is 0 Å². The predicted octanol–water partition coefficient (Wildman–Crippen LogP) is -5.37. The molecule has 22 N–H and O–H groups in total. The van der Waals surface area contributed by atoms with Crippen molar-refractivity contribution in [1.29, 1.82) is 0 Å². The fraction of sp³-hybridized carbons (Fsp3) is 0.528. The number of aliphatic hydroxyl groups excluding tert-OH is 3. The van der Waals surface area contributed by atoms with E-state index in [0.717, 1.165) is 0 Å². The van der Waals surface area contributed by atoms with Gasteiger partial charge in [0.25, 0.3) is 0 Å². The molecule has 3 rings (SSSR count). The van der Waals surface area contributed by atoms with Gasteiger partial charge in [-0.05, 0) is 106 Å². The number of phenolic OH excluding ortho intramolecular Hbond substituents is 2. The van der Waals surface area contributed by atoms with Gasteiger partial charge in [-0.15, -0.1) is 0 Å². The van der Waals surface area contributed by atoms with Gasteiger partial charge in [0.2, 0.25) is 53.2 Å². The Hall–Kier alpha value is -7.94. The lowest BCUT2D eigenvalue weighted by atomic mass is 10.0. The van der Waals surface area contributed by atoms with Crippen LogP contribution < -0.4 is 65.1 Å². The number of amides is 9. The minimum Gasteiger partial charge on any atom is -0.508 e. The Morgan fingerprint density at radius 1 is 0.500 bits per heavy atom. The summed E-state index contributed by atoms with van der Waals surface area (Å²) in [5, 5.41) is 82.2. The summed E-state index contributed by atoms with van der Waals surface area (Å²) in [6.45, 7) is -1.20. The average Bonchev–Trinajstić information content (AvgIpc) is 4.14. The molecular formula is C53H80N14O16S. The molecule has 0 aliphatic carbocycles. The summed E-state index contributed by atoms with van der Waals surface area (Å²) in [7, 11) is 0. The second-order valence-corrected chi connectivity index (χ2v) is 20.6. The number of carboxylic acids is 1. The van der Waals surface area contributed by atoms with Crippen molar-refractivity contribution in [1.82, 2.24) is 57.8 Å². The van der Waals surface area contributed by atoms with Crippen molar-refractivity contribution in [2.75, 3.05) is 44.9 Å².